The van der Waals surface area contributed by atoms with Crippen molar-refractivity contribution in [1.29, 1.82) is 0 Å². The number of aryl methyl sites for hydroxylation is 2. The van der Waals surface area contributed by atoms with E-state index in [2.05, 4.69) is 28.4 Å². The monoisotopic (exact) mass is 410 g/mol. The summed E-state index contributed by atoms with van der Waals surface area (Å²) in [5.41, 5.74) is 3.97. The molecular weight excluding hydrogens is 384 g/mol. The average Bonchev–Trinajstić information content (AvgIpc) is 3.06. The Balaban J connectivity index is 1.54. The van der Waals surface area contributed by atoms with Crippen LogP contribution >= 0.6 is 11.6 Å². The van der Waals surface area contributed by atoms with Crippen LogP contribution in [0.25, 0.3) is 11.0 Å². The lowest BCUT2D eigenvalue weighted by Crippen LogP contribution is -2.40. The summed E-state index contributed by atoms with van der Waals surface area (Å²) in [6, 6.07) is 14.1. The number of rotatable bonds is 5. The Morgan fingerprint density at radius 3 is 2.55 bits per heavy atom. The van der Waals surface area contributed by atoms with E-state index in [1.54, 1.807) is 0 Å². The third kappa shape index (κ3) is 4.34. The van der Waals surface area contributed by atoms with E-state index >= 15 is 0 Å². The first-order chi connectivity index (χ1) is 14.0. The van der Waals surface area contributed by atoms with E-state index in [0.717, 1.165) is 40.2 Å². The molecule has 0 saturated carbocycles. The smallest absolute Gasteiger partial charge is 0.287 e. The van der Waals surface area contributed by atoms with Crippen LogP contribution in [0, 0.1) is 13.8 Å². The Labute approximate surface area is 176 Å². The Bertz CT molecular complexity index is 1000. The molecule has 1 fully saturated rings. The van der Waals surface area contributed by atoms with Gasteiger partial charge in [-0.3, -0.25) is 9.69 Å². The molecule has 4 nitrogen and oxygen atoms in total. The van der Waals surface area contributed by atoms with Crippen LogP contribution < -0.4 is 5.32 Å². The summed E-state index contributed by atoms with van der Waals surface area (Å²) in [6.07, 6.45) is 3.66. The summed E-state index contributed by atoms with van der Waals surface area (Å²) in [5.74, 6) is 0.242. The molecule has 0 aliphatic carbocycles. The van der Waals surface area contributed by atoms with Crippen LogP contribution in [0.15, 0.2) is 46.9 Å². The number of hydrogen-bond donors (Lipinski definition) is 1. The van der Waals surface area contributed by atoms with Crippen molar-refractivity contribution in [3.63, 3.8) is 0 Å². The number of benzene rings is 2. The van der Waals surface area contributed by atoms with Crippen molar-refractivity contribution < 1.29 is 9.21 Å². The normalized spacial score (nSPS) is 16.1. The summed E-state index contributed by atoms with van der Waals surface area (Å²) in [4.78, 5) is 15.4. The van der Waals surface area contributed by atoms with Gasteiger partial charge in [-0.05, 0) is 69.6 Å². The molecular formula is C24H27ClN2O2. The summed E-state index contributed by atoms with van der Waals surface area (Å²) in [6.45, 7) is 6.62. The molecule has 5 heteroatoms. The van der Waals surface area contributed by atoms with Crippen LogP contribution in [0.1, 0.15) is 52.5 Å². The van der Waals surface area contributed by atoms with E-state index in [9.17, 15) is 4.79 Å². The summed E-state index contributed by atoms with van der Waals surface area (Å²) in [7, 11) is 0. The first-order valence-corrected chi connectivity index (χ1v) is 10.7. The van der Waals surface area contributed by atoms with Crippen molar-refractivity contribution in [1.82, 2.24) is 10.2 Å². The molecule has 4 rings (SSSR count). The van der Waals surface area contributed by atoms with Crippen LogP contribution in [-0.2, 0) is 0 Å². The highest BCUT2D eigenvalue weighted by molar-refractivity contribution is 6.30. The van der Waals surface area contributed by atoms with Crippen molar-refractivity contribution in [2.45, 2.75) is 39.2 Å². The zero-order chi connectivity index (χ0) is 20.4. The van der Waals surface area contributed by atoms with Gasteiger partial charge in [0.2, 0.25) is 0 Å². The number of halogens is 1. The Morgan fingerprint density at radius 2 is 1.83 bits per heavy atom. The van der Waals surface area contributed by atoms with Gasteiger partial charge >= 0.3 is 0 Å². The van der Waals surface area contributed by atoms with Crippen molar-refractivity contribution in [3.05, 3.63) is 69.9 Å². The number of nitrogens with one attached hydrogen (secondary N) is 1. The van der Waals surface area contributed by atoms with Crippen LogP contribution in [0.2, 0.25) is 5.02 Å². The van der Waals surface area contributed by atoms with Gasteiger partial charge in [-0.2, -0.15) is 0 Å². The maximum atomic E-state index is 12.9. The Morgan fingerprint density at radius 1 is 1.10 bits per heavy atom. The number of amides is 1. The zero-order valence-electron chi connectivity index (χ0n) is 17.0. The zero-order valence-corrected chi connectivity index (χ0v) is 17.8. The van der Waals surface area contributed by atoms with Crippen LogP contribution in [0.5, 0.6) is 0 Å². The van der Waals surface area contributed by atoms with Gasteiger partial charge in [0.25, 0.3) is 5.91 Å². The fourth-order valence-corrected chi connectivity index (χ4v) is 4.32. The Hall–Kier alpha value is -2.30. The van der Waals surface area contributed by atoms with Gasteiger partial charge in [-0.25, -0.2) is 0 Å². The number of piperidine rings is 1. The fourth-order valence-electron chi connectivity index (χ4n) is 4.19. The number of furan rings is 1. The molecule has 1 N–H and O–H groups in total. The number of hydrogen-bond acceptors (Lipinski definition) is 3. The van der Waals surface area contributed by atoms with Gasteiger partial charge in [0, 0.05) is 22.5 Å². The Kier molecular flexibility index (Phi) is 5.93. The van der Waals surface area contributed by atoms with E-state index in [-0.39, 0.29) is 11.9 Å². The minimum Gasteiger partial charge on any atom is -0.451 e. The quantitative estimate of drug-likeness (QED) is 0.590. The van der Waals surface area contributed by atoms with Gasteiger partial charge in [0.1, 0.15) is 5.58 Å². The number of likely N-dealkylation sites (tertiary alicyclic amines) is 1. The summed E-state index contributed by atoms with van der Waals surface area (Å²) < 4.78 is 5.87. The number of fused-ring (bicyclic) bond motifs is 1. The van der Waals surface area contributed by atoms with E-state index in [4.69, 9.17) is 16.0 Å². The van der Waals surface area contributed by atoms with Gasteiger partial charge in [0.15, 0.2) is 5.76 Å². The number of carbonyl (C=O) groups excluding carboxylic acids is 1. The molecule has 1 amide bonds. The second kappa shape index (κ2) is 8.60. The largest absolute Gasteiger partial charge is 0.451 e. The van der Waals surface area contributed by atoms with Crippen molar-refractivity contribution in [2.24, 2.45) is 0 Å². The van der Waals surface area contributed by atoms with Crippen molar-refractivity contribution in [3.8, 4) is 0 Å². The highest BCUT2D eigenvalue weighted by Crippen LogP contribution is 2.28. The molecule has 0 radical (unpaired) electrons. The molecule has 1 atom stereocenters. The van der Waals surface area contributed by atoms with Crippen molar-refractivity contribution >= 4 is 28.5 Å². The third-order valence-electron chi connectivity index (χ3n) is 5.84. The molecule has 1 aliphatic rings. The summed E-state index contributed by atoms with van der Waals surface area (Å²) >= 11 is 6.08. The second-order valence-corrected chi connectivity index (χ2v) is 8.37. The molecule has 0 bridgehead atoms. The topological polar surface area (TPSA) is 45.5 Å². The van der Waals surface area contributed by atoms with E-state index in [1.165, 1.54) is 24.8 Å². The molecule has 1 unspecified atom stereocenters. The molecule has 0 spiro atoms. The third-order valence-corrected chi connectivity index (χ3v) is 6.09. The number of carbonyl (C=O) groups is 1. The van der Waals surface area contributed by atoms with Crippen LogP contribution in [0.4, 0.5) is 0 Å². The highest BCUT2D eigenvalue weighted by atomic mass is 35.5. The summed E-state index contributed by atoms with van der Waals surface area (Å²) in [5, 5.41) is 4.84. The molecule has 1 aliphatic heterocycles. The van der Waals surface area contributed by atoms with Gasteiger partial charge < -0.3 is 9.73 Å². The maximum absolute atomic E-state index is 12.9. The number of nitrogens with zero attached hydrogens (tertiary/aromatic N) is 1. The van der Waals surface area contributed by atoms with Gasteiger partial charge in [-0.1, -0.05) is 41.8 Å². The maximum Gasteiger partial charge on any atom is 0.287 e. The fraction of sp³-hybridized carbons (Fsp3) is 0.375. The minimum absolute atomic E-state index is 0.128. The van der Waals surface area contributed by atoms with Gasteiger partial charge in [-0.15, -0.1) is 0 Å². The lowest BCUT2D eigenvalue weighted by atomic mass is 10.0. The van der Waals surface area contributed by atoms with Crippen LogP contribution in [0.3, 0.4) is 0 Å². The molecule has 29 heavy (non-hydrogen) atoms. The molecule has 3 aromatic rings. The lowest BCUT2D eigenvalue weighted by Gasteiger charge is -2.35. The van der Waals surface area contributed by atoms with E-state index < -0.39 is 0 Å². The highest BCUT2D eigenvalue weighted by Gasteiger charge is 2.24. The molecule has 2 heterocycles. The molecule has 1 saturated heterocycles. The second-order valence-electron chi connectivity index (χ2n) is 7.93. The SMILES string of the molecule is Cc1ccc2oc(C(=O)NCC(c3ccc(Cl)cc3)N3CCCCC3)c(C)c2c1. The predicted octanol–water partition coefficient (Wildman–Crippen LogP) is 5.66. The molecule has 2 aromatic carbocycles. The predicted molar refractivity (Wildman–Crippen MR) is 118 cm³/mol. The van der Waals surface area contributed by atoms with Crippen LogP contribution in [-0.4, -0.2) is 30.4 Å². The standard InChI is InChI=1S/C24H27ClN2O2/c1-16-6-11-22-20(14-16)17(2)23(29-22)24(28)26-15-21(27-12-4-3-5-13-27)18-7-9-19(25)10-8-18/h6-11,14,21H,3-5,12-13,15H2,1-2H3,(H,26,28). The first-order valence-electron chi connectivity index (χ1n) is 10.3. The molecule has 152 valence electrons. The molecule has 1 aromatic heterocycles. The van der Waals surface area contributed by atoms with Gasteiger partial charge in [0.05, 0.1) is 6.04 Å². The average molecular weight is 411 g/mol. The first kappa shape index (κ1) is 20.0. The lowest BCUT2D eigenvalue weighted by molar-refractivity contribution is 0.0898. The van der Waals surface area contributed by atoms with E-state index in [0.29, 0.717) is 12.3 Å². The van der Waals surface area contributed by atoms with Crippen molar-refractivity contribution in [2.75, 3.05) is 19.6 Å². The minimum atomic E-state index is -0.160. The van der Waals surface area contributed by atoms with E-state index in [1.807, 2.05) is 38.1 Å².